The van der Waals surface area contributed by atoms with E-state index < -0.39 is 11.7 Å². The number of oxime groups is 1. The lowest BCUT2D eigenvalue weighted by atomic mass is 9.99. The Hall–Kier alpha value is -2.18. The first-order valence-corrected chi connectivity index (χ1v) is 8.31. The average Bonchev–Trinajstić information content (AvgIpc) is 3.25. The van der Waals surface area contributed by atoms with Gasteiger partial charge in [0.1, 0.15) is 5.60 Å². The number of amides is 1. The van der Waals surface area contributed by atoms with E-state index in [4.69, 9.17) is 4.84 Å². The van der Waals surface area contributed by atoms with Crippen molar-refractivity contribution in [1.82, 2.24) is 5.32 Å². The number of carbonyl (C=O) groups is 1. The molecule has 5 nitrogen and oxygen atoms in total. The molecule has 0 saturated carbocycles. The van der Waals surface area contributed by atoms with Gasteiger partial charge < -0.3 is 15.3 Å². The fourth-order valence-electron chi connectivity index (χ4n) is 2.37. The van der Waals surface area contributed by atoms with E-state index in [1.165, 1.54) is 11.3 Å². The minimum Gasteiger partial charge on any atom is -0.384 e. The lowest BCUT2D eigenvalue weighted by Gasteiger charge is -2.23. The zero-order chi connectivity index (χ0) is 16.3. The summed E-state index contributed by atoms with van der Waals surface area (Å²) in [6.07, 6.45) is -0.223. The van der Waals surface area contributed by atoms with Crippen molar-refractivity contribution in [3.63, 3.8) is 0 Å². The van der Waals surface area contributed by atoms with Crippen molar-refractivity contribution >= 4 is 23.0 Å². The monoisotopic (exact) mass is 330 g/mol. The second-order valence-corrected chi connectivity index (χ2v) is 6.49. The van der Waals surface area contributed by atoms with Crippen molar-refractivity contribution in [3.05, 3.63) is 58.3 Å². The van der Waals surface area contributed by atoms with E-state index >= 15 is 0 Å². The predicted octanol–water partition coefficient (Wildman–Crippen LogP) is 2.26. The maximum atomic E-state index is 12.2. The lowest BCUT2D eigenvalue weighted by Crippen LogP contribution is -2.42. The molecule has 1 aromatic carbocycles. The normalized spacial score (nSPS) is 19.6. The predicted molar refractivity (Wildman–Crippen MR) is 89.4 cm³/mol. The third-order valence-electron chi connectivity index (χ3n) is 3.82. The van der Waals surface area contributed by atoms with E-state index in [1.807, 2.05) is 47.2 Å². The summed E-state index contributed by atoms with van der Waals surface area (Å²) in [5.41, 5.74) is 1.40. The molecule has 2 aromatic rings. The highest BCUT2D eigenvalue weighted by Crippen LogP contribution is 2.22. The Labute approximate surface area is 138 Å². The highest BCUT2D eigenvalue weighted by molar-refractivity contribution is 7.08. The van der Waals surface area contributed by atoms with Crippen LogP contribution in [0.25, 0.3) is 0 Å². The molecule has 2 N–H and O–H groups in total. The first-order valence-electron chi connectivity index (χ1n) is 7.37. The van der Waals surface area contributed by atoms with E-state index in [2.05, 4.69) is 10.5 Å². The van der Waals surface area contributed by atoms with Crippen LogP contribution in [0.3, 0.4) is 0 Å². The maximum absolute atomic E-state index is 12.2. The van der Waals surface area contributed by atoms with E-state index in [-0.39, 0.29) is 12.5 Å². The molecule has 1 amide bonds. The van der Waals surface area contributed by atoms with Crippen LogP contribution in [0.15, 0.2) is 52.3 Å². The van der Waals surface area contributed by atoms with Crippen LogP contribution in [0.2, 0.25) is 0 Å². The molecule has 6 heteroatoms. The van der Waals surface area contributed by atoms with Crippen LogP contribution in [-0.2, 0) is 15.2 Å². The van der Waals surface area contributed by atoms with Crippen LogP contribution in [0.1, 0.15) is 24.5 Å². The van der Waals surface area contributed by atoms with Crippen LogP contribution in [-0.4, -0.2) is 29.4 Å². The Balaban J connectivity index is 1.55. The maximum Gasteiger partial charge on any atom is 0.264 e. The number of hydrogen-bond acceptors (Lipinski definition) is 5. The van der Waals surface area contributed by atoms with Gasteiger partial charge in [-0.25, -0.2) is 0 Å². The molecule has 3 rings (SSSR count). The molecule has 0 aliphatic carbocycles. The van der Waals surface area contributed by atoms with Crippen LogP contribution in [0.4, 0.5) is 0 Å². The van der Waals surface area contributed by atoms with E-state index in [9.17, 15) is 9.90 Å². The van der Waals surface area contributed by atoms with Gasteiger partial charge in [-0.2, -0.15) is 11.3 Å². The fraction of sp³-hybridized carbons (Fsp3) is 0.294. The number of rotatable bonds is 5. The smallest absolute Gasteiger partial charge is 0.264 e. The Bertz CT molecular complexity index is 696. The summed E-state index contributed by atoms with van der Waals surface area (Å²) in [6, 6.07) is 11.5. The van der Waals surface area contributed by atoms with Gasteiger partial charge in [0.25, 0.3) is 5.91 Å². The van der Waals surface area contributed by atoms with Gasteiger partial charge in [-0.1, -0.05) is 35.5 Å². The zero-order valence-electron chi connectivity index (χ0n) is 12.7. The van der Waals surface area contributed by atoms with Gasteiger partial charge in [0.2, 0.25) is 6.10 Å². The molecule has 0 unspecified atom stereocenters. The third-order valence-corrected chi connectivity index (χ3v) is 4.50. The summed E-state index contributed by atoms with van der Waals surface area (Å²) in [5, 5.41) is 20.9. The topological polar surface area (TPSA) is 70.9 Å². The molecular formula is C17H18N2O3S. The molecule has 0 saturated heterocycles. The molecule has 0 radical (unpaired) electrons. The molecule has 0 spiro atoms. The summed E-state index contributed by atoms with van der Waals surface area (Å²) in [6.45, 7) is 1.81. The van der Waals surface area contributed by atoms with Crippen molar-refractivity contribution in [2.45, 2.75) is 25.0 Å². The summed E-state index contributed by atoms with van der Waals surface area (Å²) in [7, 11) is 0. The Kier molecular flexibility index (Phi) is 4.45. The summed E-state index contributed by atoms with van der Waals surface area (Å²) in [5.74, 6) is -0.268. The minimum atomic E-state index is -1.10. The quantitative estimate of drug-likeness (QED) is 0.883. The fourth-order valence-corrected chi connectivity index (χ4v) is 3.15. The van der Waals surface area contributed by atoms with E-state index in [1.54, 1.807) is 6.92 Å². The Morgan fingerprint density at radius 3 is 2.91 bits per heavy atom. The average molecular weight is 330 g/mol. The Morgan fingerprint density at radius 2 is 2.22 bits per heavy atom. The number of hydrogen-bond donors (Lipinski definition) is 2. The molecule has 0 fully saturated rings. The highest BCUT2D eigenvalue weighted by Gasteiger charge is 2.31. The van der Waals surface area contributed by atoms with Crippen LogP contribution >= 0.6 is 11.3 Å². The van der Waals surface area contributed by atoms with Crippen molar-refractivity contribution in [2.75, 3.05) is 6.54 Å². The van der Waals surface area contributed by atoms with Gasteiger partial charge in [-0.05, 0) is 34.9 Å². The van der Waals surface area contributed by atoms with Crippen LogP contribution in [0, 0.1) is 0 Å². The first kappa shape index (κ1) is 15.7. The van der Waals surface area contributed by atoms with Crippen molar-refractivity contribution in [1.29, 1.82) is 0 Å². The van der Waals surface area contributed by atoms with E-state index in [0.29, 0.717) is 6.42 Å². The number of benzene rings is 1. The molecule has 1 aromatic heterocycles. The van der Waals surface area contributed by atoms with E-state index in [0.717, 1.165) is 16.8 Å². The number of nitrogens with zero attached hydrogens (tertiary/aromatic N) is 1. The highest BCUT2D eigenvalue weighted by atomic mass is 32.1. The van der Waals surface area contributed by atoms with Crippen LogP contribution < -0.4 is 5.32 Å². The van der Waals surface area contributed by atoms with Gasteiger partial charge in [-0.3, -0.25) is 4.79 Å². The Morgan fingerprint density at radius 1 is 1.43 bits per heavy atom. The number of thiophene rings is 1. The zero-order valence-corrected chi connectivity index (χ0v) is 13.5. The minimum absolute atomic E-state index is 0.128. The lowest BCUT2D eigenvalue weighted by molar-refractivity contribution is -0.132. The third kappa shape index (κ3) is 3.60. The molecule has 1 aliphatic rings. The van der Waals surface area contributed by atoms with Gasteiger partial charge >= 0.3 is 0 Å². The van der Waals surface area contributed by atoms with Gasteiger partial charge in [0, 0.05) is 6.42 Å². The molecule has 0 bridgehead atoms. The molecule has 2 atom stereocenters. The second-order valence-electron chi connectivity index (χ2n) is 5.71. The van der Waals surface area contributed by atoms with Crippen molar-refractivity contribution < 1.29 is 14.7 Å². The molecule has 2 heterocycles. The van der Waals surface area contributed by atoms with Gasteiger partial charge in [0.15, 0.2) is 0 Å². The molecule has 23 heavy (non-hydrogen) atoms. The van der Waals surface area contributed by atoms with Gasteiger partial charge in [0.05, 0.1) is 12.3 Å². The summed E-state index contributed by atoms with van der Waals surface area (Å²) >= 11 is 1.51. The first-order chi connectivity index (χ1) is 11.1. The summed E-state index contributed by atoms with van der Waals surface area (Å²) in [4.78, 5) is 17.5. The molecule has 1 aliphatic heterocycles. The molecular weight excluding hydrogens is 312 g/mol. The molecule has 120 valence electrons. The van der Waals surface area contributed by atoms with Crippen LogP contribution in [0.5, 0.6) is 0 Å². The number of carbonyl (C=O) groups excluding carboxylic acids is 1. The second kappa shape index (κ2) is 6.52. The number of aliphatic hydroxyl groups is 1. The standard InChI is InChI=1S/C17H18N2O3S/c1-17(21,13-7-8-23-10-13)11-18-16(20)15-9-14(19-22-15)12-5-3-2-4-6-12/h2-8,10,15,21H,9,11H2,1H3,(H,18,20)/t15-,17-/m0/s1. The van der Waals surface area contributed by atoms with Crippen molar-refractivity contribution in [2.24, 2.45) is 5.16 Å². The van der Waals surface area contributed by atoms with Gasteiger partial charge in [-0.15, -0.1) is 0 Å². The summed E-state index contributed by atoms with van der Waals surface area (Å²) < 4.78 is 0. The largest absolute Gasteiger partial charge is 0.384 e. The van der Waals surface area contributed by atoms with Crippen molar-refractivity contribution in [3.8, 4) is 0 Å². The number of nitrogens with one attached hydrogen (secondary N) is 1. The SMILES string of the molecule is C[C@](O)(CNC(=O)[C@@H]1CC(c2ccccc2)=NO1)c1ccsc1.